The Morgan fingerprint density at radius 2 is 1.64 bits per heavy atom. The summed E-state index contributed by atoms with van der Waals surface area (Å²) in [6, 6.07) is 7.10. The summed E-state index contributed by atoms with van der Waals surface area (Å²) in [4.78, 5) is 29.7. The predicted molar refractivity (Wildman–Crippen MR) is 269 cm³/mol. The topological polar surface area (TPSA) is 262 Å². The van der Waals surface area contributed by atoms with Crippen LogP contribution in [0.15, 0.2) is 30.5 Å². The molecule has 73 heavy (non-hydrogen) atoms. The Balaban J connectivity index is 1.40. The largest absolute Gasteiger partial charge is 0.459 e. The van der Waals surface area contributed by atoms with Crippen molar-refractivity contribution < 1.29 is 73.4 Å². The third-order valence-electron chi connectivity index (χ3n) is 16.0. The number of nitrogens with one attached hydrogen (secondary N) is 2. The molecule has 416 valence electrons. The van der Waals surface area contributed by atoms with E-state index in [2.05, 4.69) is 15.2 Å². The van der Waals surface area contributed by atoms with Crippen molar-refractivity contribution in [3.8, 4) is 11.3 Å². The zero-order valence-corrected chi connectivity index (χ0v) is 45.8. The van der Waals surface area contributed by atoms with E-state index < -0.39 is 102 Å². The number of methoxy groups -OCH3 is 1. The van der Waals surface area contributed by atoms with Gasteiger partial charge >= 0.3 is 5.97 Å². The lowest BCUT2D eigenvalue weighted by Gasteiger charge is -2.49. The molecule has 1 unspecified atom stereocenters. The SMILES string of the molecule is CC[C@H]1OC(=O)[C@H](C)[C@@H](OC2C[C@@](C)(OC)[C@@H](O)[C@H](C)O2)[C@H](C)[C@@H](O[C@@H]2O[C@H](C)C[C@H](N(C)Cc3ccc(-c4c[n+](CCCCCCC(=O)NO)[nH]n4)cc3)[C@H]2O)[C@](C)(O)C[C@@H](C)CN(C)[C@H](C)[C@@H](O)[C@]1(C)O. The lowest BCUT2D eigenvalue weighted by Crippen LogP contribution is -2.60. The van der Waals surface area contributed by atoms with Gasteiger partial charge in [-0.15, -0.1) is 0 Å². The van der Waals surface area contributed by atoms with Crippen LogP contribution in [0.25, 0.3) is 11.3 Å². The zero-order chi connectivity index (χ0) is 54.2. The van der Waals surface area contributed by atoms with E-state index in [4.69, 9.17) is 33.6 Å². The van der Waals surface area contributed by atoms with Gasteiger partial charge < -0.3 is 58.9 Å². The standard InChI is InChI=1S/C53H90N6O14/c1-14-41-53(10,66)46(62)35(6)57(11)28-31(2)26-51(8,65)48(33(4)45(34(5)49(64)71-41)72-43-27-52(9,68-13)47(63)36(7)70-43)73-50-44(61)40(25-32(3)69-50)58(12)29-37-20-22-38(23-21-37)39-30-59(56-54-39)24-18-16-15-17-19-42(60)55-67/h20-23,30-36,40-41,43-48,50,61-63,65-66H,14-19,24-29H2,1-13H3,(H2,54,55,56,60,67)/p+1/t31-,32-,33+,34-,35-,36+,40+,41-,43?,44-,45+,46-,47+,48-,50+,51-,52-,53-/m1/s1. The molecule has 0 spiro atoms. The number of cyclic esters (lactones) is 1. The molecule has 4 heterocycles. The number of hydroxylamine groups is 1. The number of aromatic nitrogens is 3. The minimum absolute atomic E-state index is 0.0996. The summed E-state index contributed by atoms with van der Waals surface area (Å²) in [5.41, 5.74) is -0.124. The molecule has 20 heteroatoms. The first-order chi connectivity index (χ1) is 34.3. The molecule has 2 aromatic rings. The van der Waals surface area contributed by atoms with E-state index in [1.165, 1.54) is 14.0 Å². The van der Waals surface area contributed by atoms with E-state index in [0.29, 0.717) is 32.4 Å². The highest BCUT2D eigenvalue weighted by Crippen LogP contribution is 2.40. The Hall–Kier alpha value is -3.22. The highest BCUT2D eigenvalue weighted by atomic mass is 16.7. The number of H-pyrrole nitrogens is 1. The number of nitrogens with zero attached hydrogens (tertiary/aromatic N) is 4. The molecule has 1 aromatic carbocycles. The first-order valence-corrected chi connectivity index (χ1v) is 26.5. The fraction of sp³-hybridized carbons (Fsp3) is 0.811. The number of aliphatic hydroxyl groups is 5. The molecule has 3 aliphatic heterocycles. The fourth-order valence-corrected chi connectivity index (χ4v) is 11.4. The van der Waals surface area contributed by atoms with Gasteiger partial charge in [0.05, 0.1) is 41.5 Å². The van der Waals surface area contributed by atoms with Crippen molar-refractivity contribution in [2.45, 2.75) is 230 Å². The average Bonchev–Trinajstić information content (AvgIpc) is 3.82. The van der Waals surface area contributed by atoms with Gasteiger partial charge in [-0.25, -0.2) is 5.48 Å². The third-order valence-corrected chi connectivity index (χ3v) is 16.0. The molecule has 0 bridgehead atoms. The number of esters is 1. The molecule has 0 aliphatic carbocycles. The summed E-state index contributed by atoms with van der Waals surface area (Å²) >= 11 is 0. The smallest absolute Gasteiger partial charge is 0.311 e. The molecule has 18 atom stereocenters. The fourth-order valence-electron chi connectivity index (χ4n) is 11.4. The number of hydrogen-bond acceptors (Lipinski definition) is 17. The predicted octanol–water partition coefficient (Wildman–Crippen LogP) is 3.60. The van der Waals surface area contributed by atoms with E-state index in [0.717, 1.165) is 42.6 Å². The molecule has 3 saturated heterocycles. The number of unbranched alkanes of at least 4 members (excludes halogenated alkanes) is 3. The Morgan fingerprint density at radius 1 is 0.973 bits per heavy atom. The highest BCUT2D eigenvalue weighted by molar-refractivity contribution is 5.74. The Morgan fingerprint density at radius 3 is 2.29 bits per heavy atom. The minimum atomic E-state index is -1.84. The summed E-state index contributed by atoms with van der Waals surface area (Å²) in [6.45, 7) is 19.2. The Kier molecular flexibility index (Phi) is 21.8. The van der Waals surface area contributed by atoms with Crippen molar-refractivity contribution in [2.75, 3.05) is 27.7 Å². The number of ether oxygens (including phenoxy) is 6. The molecule has 1 amide bonds. The highest BCUT2D eigenvalue weighted by Gasteiger charge is 2.53. The number of rotatable bonds is 17. The lowest BCUT2D eigenvalue weighted by molar-refractivity contribution is -0.753. The minimum Gasteiger partial charge on any atom is -0.459 e. The molecule has 0 saturated carbocycles. The van der Waals surface area contributed by atoms with Gasteiger partial charge in [-0.3, -0.25) is 19.7 Å². The first kappa shape index (κ1) is 60.6. The second-order valence-electron chi connectivity index (χ2n) is 22.4. The van der Waals surface area contributed by atoms with Gasteiger partial charge in [0.1, 0.15) is 36.6 Å². The number of likely N-dealkylation sites (N-methyl/N-ethyl adjacent to an activating group) is 2. The molecule has 5 rings (SSSR count). The van der Waals surface area contributed by atoms with Crippen LogP contribution in [0.1, 0.15) is 133 Å². The van der Waals surface area contributed by atoms with Crippen LogP contribution in [0, 0.1) is 17.8 Å². The van der Waals surface area contributed by atoms with E-state index in [1.807, 2.05) is 74.9 Å². The van der Waals surface area contributed by atoms with Crippen LogP contribution in [-0.2, 0) is 51.1 Å². The van der Waals surface area contributed by atoms with Gasteiger partial charge in [0.2, 0.25) is 11.6 Å². The number of hydrogen-bond donors (Lipinski definition) is 8. The van der Waals surface area contributed by atoms with E-state index in [1.54, 1.807) is 47.0 Å². The maximum atomic E-state index is 14.5. The van der Waals surface area contributed by atoms with Gasteiger partial charge in [-0.1, -0.05) is 44.5 Å². The van der Waals surface area contributed by atoms with Crippen molar-refractivity contribution in [2.24, 2.45) is 17.8 Å². The van der Waals surface area contributed by atoms with E-state index in [9.17, 15) is 35.1 Å². The molecule has 1 aromatic heterocycles. The molecule has 20 nitrogen and oxygen atoms in total. The van der Waals surface area contributed by atoms with Crippen molar-refractivity contribution in [1.82, 2.24) is 25.6 Å². The van der Waals surface area contributed by atoms with Crippen LogP contribution >= 0.6 is 0 Å². The van der Waals surface area contributed by atoms with Crippen LogP contribution in [0.2, 0.25) is 0 Å². The number of aliphatic hydroxyl groups excluding tert-OH is 3. The van der Waals surface area contributed by atoms with Crippen LogP contribution in [0.5, 0.6) is 0 Å². The van der Waals surface area contributed by atoms with Gasteiger partial charge in [-0.05, 0) is 125 Å². The summed E-state index contributed by atoms with van der Waals surface area (Å²) < 4.78 is 40.3. The third kappa shape index (κ3) is 15.3. The van der Waals surface area contributed by atoms with Gasteiger partial charge in [0.25, 0.3) is 0 Å². The van der Waals surface area contributed by atoms with Gasteiger partial charge in [0, 0.05) is 61.7 Å². The summed E-state index contributed by atoms with van der Waals surface area (Å²) in [6.07, 6.45) is -3.36. The van der Waals surface area contributed by atoms with Crippen molar-refractivity contribution in [3.05, 3.63) is 36.0 Å². The first-order valence-electron chi connectivity index (χ1n) is 26.5. The van der Waals surface area contributed by atoms with Gasteiger partial charge in [-0.2, -0.15) is 4.68 Å². The second kappa shape index (κ2) is 26.2. The maximum absolute atomic E-state index is 14.5. The zero-order valence-electron chi connectivity index (χ0n) is 45.8. The summed E-state index contributed by atoms with van der Waals surface area (Å²) in [5.74, 6) is -3.16. The van der Waals surface area contributed by atoms with Gasteiger partial charge in [0.15, 0.2) is 18.8 Å². The van der Waals surface area contributed by atoms with Crippen LogP contribution in [0.3, 0.4) is 0 Å². The van der Waals surface area contributed by atoms with Crippen molar-refractivity contribution >= 4 is 11.9 Å². The average molecular weight is 1040 g/mol. The van der Waals surface area contributed by atoms with E-state index >= 15 is 0 Å². The number of carbonyl (C=O) groups excluding carboxylic acids is 2. The number of aryl methyl sites for hydroxylation is 1. The molecule has 3 aliphatic rings. The lowest BCUT2D eigenvalue weighted by atomic mass is 9.77. The maximum Gasteiger partial charge on any atom is 0.311 e. The van der Waals surface area contributed by atoms with Crippen molar-refractivity contribution in [1.29, 1.82) is 0 Å². The Bertz CT molecular complexity index is 2030. The van der Waals surface area contributed by atoms with Crippen LogP contribution < -0.4 is 10.2 Å². The Labute approximate surface area is 432 Å². The van der Waals surface area contributed by atoms with Crippen LogP contribution in [-0.4, -0.2) is 181 Å². The molecule has 8 N–H and O–H groups in total. The van der Waals surface area contributed by atoms with Crippen molar-refractivity contribution in [3.63, 3.8) is 0 Å². The van der Waals surface area contributed by atoms with E-state index in [-0.39, 0.29) is 37.2 Å². The summed E-state index contributed by atoms with van der Waals surface area (Å²) in [7, 11) is 5.29. The molecular weight excluding hydrogens is 945 g/mol. The number of amides is 1. The number of benzene rings is 1. The van der Waals surface area contributed by atoms with Crippen LogP contribution in [0.4, 0.5) is 0 Å². The second-order valence-corrected chi connectivity index (χ2v) is 22.4. The monoisotopic (exact) mass is 1040 g/mol. The normalized spacial score (nSPS) is 38.6. The molecular formula is C53H91N6O14+. The number of carbonyl (C=O) groups is 2. The number of aromatic amines is 1. The molecule has 0 radical (unpaired) electrons. The molecule has 3 fully saturated rings. The quantitative estimate of drug-likeness (QED) is 0.0370. The summed E-state index contributed by atoms with van der Waals surface area (Å²) in [5, 5.41) is 76.0.